The number of piperidine rings is 1. The second-order valence-electron chi connectivity index (χ2n) is 6.23. The lowest BCUT2D eigenvalue weighted by molar-refractivity contribution is 0.333. The maximum Gasteiger partial charge on any atom is 0.243 e. The molecule has 4 nitrogen and oxygen atoms in total. The summed E-state index contributed by atoms with van der Waals surface area (Å²) in [6, 6.07) is 7.62. The number of nitrogens with one attached hydrogen (secondary N) is 1. The summed E-state index contributed by atoms with van der Waals surface area (Å²) in [5.74, 6) is 0.583. The number of fused-ring (bicyclic) bond motifs is 2. The predicted octanol–water partition coefficient (Wildman–Crippen LogP) is 2.36. The van der Waals surface area contributed by atoms with Gasteiger partial charge in [-0.1, -0.05) is 19.1 Å². The summed E-state index contributed by atoms with van der Waals surface area (Å²) in [6.07, 6.45) is 4.35. The van der Waals surface area contributed by atoms with E-state index in [9.17, 15) is 8.42 Å². The van der Waals surface area contributed by atoms with Crippen molar-refractivity contribution in [3.63, 3.8) is 0 Å². The van der Waals surface area contributed by atoms with Gasteiger partial charge in [0.15, 0.2) is 0 Å². The molecule has 0 aromatic heterocycles. The van der Waals surface area contributed by atoms with Gasteiger partial charge in [-0.25, -0.2) is 8.42 Å². The van der Waals surface area contributed by atoms with Crippen molar-refractivity contribution >= 4 is 10.0 Å². The van der Waals surface area contributed by atoms with E-state index in [1.165, 1.54) is 6.42 Å². The van der Waals surface area contributed by atoms with E-state index in [0.717, 1.165) is 37.9 Å². The van der Waals surface area contributed by atoms with Crippen molar-refractivity contribution in [2.75, 3.05) is 13.1 Å². The highest BCUT2D eigenvalue weighted by Crippen LogP contribution is 2.40. The molecule has 1 aliphatic heterocycles. The second kappa shape index (κ2) is 6.07. The van der Waals surface area contributed by atoms with Crippen LogP contribution in [0.3, 0.4) is 0 Å². The summed E-state index contributed by atoms with van der Waals surface area (Å²) in [4.78, 5) is 0.450. The van der Waals surface area contributed by atoms with Crippen LogP contribution in [0.1, 0.15) is 38.2 Å². The smallest absolute Gasteiger partial charge is 0.243 e. The van der Waals surface area contributed by atoms with Gasteiger partial charge >= 0.3 is 0 Å². The fraction of sp³-hybridized carbons (Fsp3) is 0.625. The first-order chi connectivity index (χ1) is 10.1. The van der Waals surface area contributed by atoms with Gasteiger partial charge in [-0.2, -0.15) is 4.31 Å². The summed E-state index contributed by atoms with van der Waals surface area (Å²) in [6.45, 7) is 4.51. The lowest BCUT2D eigenvalue weighted by Gasteiger charge is -2.26. The number of hydrogen-bond donors (Lipinski definition) is 1. The molecular weight excluding hydrogens is 284 g/mol. The minimum absolute atomic E-state index is 0.238. The molecular formula is C16H24N2O2S. The summed E-state index contributed by atoms with van der Waals surface area (Å²) in [5.41, 5.74) is 1.04. The Bertz CT molecular complexity index is 600. The van der Waals surface area contributed by atoms with Crippen molar-refractivity contribution in [2.24, 2.45) is 5.92 Å². The fourth-order valence-electron chi connectivity index (χ4n) is 3.53. The van der Waals surface area contributed by atoms with Crippen LogP contribution in [0.15, 0.2) is 29.2 Å². The molecule has 0 amide bonds. The van der Waals surface area contributed by atoms with Crippen LogP contribution < -0.4 is 5.32 Å². The first-order valence-electron chi connectivity index (χ1n) is 7.92. The molecule has 0 spiro atoms. The average Bonchev–Trinajstić information content (AvgIpc) is 3.11. The molecule has 116 valence electrons. The van der Waals surface area contributed by atoms with Gasteiger partial charge in [0.05, 0.1) is 4.90 Å². The molecule has 2 bridgehead atoms. The van der Waals surface area contributed by atoms with Gasteiger partial charge in [0.25, 0.3) is 0 Å². The fourth-order valence-corrected chi connectivity index (χ4v) is 5.35. The molecule has 2 unspecified atom stereocenters. The van der Waals surface area contributed by atoms with Gasteiger partial charge in [-0.05, 0) is 55.8 Å². The first kappa shape index (κ1) is 15.0. The quantitative estimate of drug-likeness (QED) is 0.821. The van der Waals surface area contributed by atoms with Crippen molar-refractivity contribution in [1.29, 1.82) is 0 Å². The van der Waals surface area contributed by atoms with Gasteiger partial charge in [0.1, 0.15) is 0 Å². The van der Waals surface area contributed by atoms with Crippen molar-refractivity contribution in [3.8, 4) is 0 Å². The van der Waals surface area contributed by atoms with Crippen LogP contribution in [-0.2, 0) is 16.6 Å². The summed E-state index contributed by atoms with van der Waals surface area (Å²) in [5, 5.41) is 3.32. The highest BCUT2D eigenvalue weighted by molar-refractivity contribution is 7.89. The molecule has 1 saturated heterocycles. The van der Waals surface area contributed by atoms with Gasteiger partial charge in [-0.15, -0.1) is 0 Å². The Morgan fingerprint density at radius 2 is 2.19 bits per heavy atom. The maximum atomic E-state index is 12.8. The Kier molecular flexibility index (Phi) is 4.33. The molecule has 2 fully saturated rings. The highest BCUT2D eigenvalue weighted by atomic mass is 32.2. The number of hydrogen-bond acceptors (Lipinski definition) is 3. The molecule has 1 heterocycles. The van der Waals surface area contributed by atoms with Crippen molar-refractivity contribution < 1.29 is 8.42 Å². The Morgan fingerprint density at radius 3 is 2.86 bits per heavy atom. The third-order valence-corrected chi connectivity index (χ3v) is 6.53. The van der Waals surface area contributed by atoms with Gasteiger partial charge in [-0.3, -0.25) is 0 Å². The zero-order chi connectivity index (χ0) is 14.9. The third-order valence-electron chi connectivity index (χ3n) is 4.62. The maximum absolute atomic E-state index is 12.8. The molecule has 2 atom stereocenters. The van der Waals surface area contributed by atoms with Crippen molar-refractivity contribution in [3.05, 3.63) is 29.8 Å². The number of rotatable bonds is 6. The van der Waals surface area contributed by atoms with Crippen LogP contribution in [0.5, 0.6) is 0 Å². The minimum Gasteiger partial charge on any atom is -0.313 e. The molecule has 1 aliphatic carbocycles. The van der Waals surface area contributed by atoms with Crippen LogP contribution in [0.4, 0.5) is 0 Å². The predicted molar refractivity (Wildman–Crippen MR) is 83.5 cm³/mol. The second-order valence-corrected chi connectivity index (χ2v) is 8.12. The van der Waals surface area contributed by atoms with Crippen molar-refractivity contribution in [2.45, 2.75) is 50.1 Å². The topological polar surface area (TPSA) is 49.4 Å². The van der Waals surface area contributed by atoms with E-state index in [4.69, 9.17) is 0 Å². The van der Waals surface area contributed by atoms with Gasteiger partial charge in [0.2, 0.25) is 10.0 Å². The Balaban J connectivity index is 1.77. The number of nitrogens with zero attached hydrogens (tertiary/aromatic N) is 1. The molecule has 2 aliphatic rings. The molecule has 1 aromatic rings. The molecule has 1 aromatic carbocycles. The van der Waals surface area contributed by atoms with Crippen LogP contribution >= 0.6 is 0 Å². The van der Waals surface area contributed by atoms with E-state index in [-0.39, 0.29) is 6.04 Å². The van der Waals surface area contributed by atoms with E-state index in [1.54, 1.807) is 10.4 Å². The van der Waals surface area contributed by atoms with Crippen LogP contribution in [0.2, 0.25) is 0 Å². The molecule has 1 saturated carbocycles. The highest BCUT2D eigenvalue weighted by Gasteiger charge is 2.44. The summed E-state index contributed by atoms with van der Waals surface area (Å²) in [7, 11) is -3.32. The zero-order valence-electron chi connectivity index (χ0n) is 12.6. The summed E-state index contributed by atoms with van der Waals surface area (Å²) >= 11 is 0. The third kappa shape index (κ3) is 3.00. The number of sulfonamides is 1. The Hall–Kier alpha value is -0.910. The van der Waals surface area contributed by atoms with Crippen LogP contribution in [0, 0.1) is 5.92 Å². The Labute approximate surface area is 127 Å². The molecule has 0 radical (unpaired) electrons. The largest absolute Gasteiger partial charge is 0.313 e. The van der Waals surface area contributed by atoms with Gasteiger partial charge < -0.3 is 5.32 Å². The van der Waals surface area contributed by atoms with Gasteiger partial charge in [0, 0.05) is 19.1 Å². The lowest BCUT2D eigenvalue weighted by Crippen LogP contribution is -2.37. The van der Waals surface area contributed by atoms with E-state index >= 15 is 0 Å². The SMILES string of the molecule is CCCNCc1cccc(S(=O)(=O)N2CC3CCC2C3)c1. The van der Waals surface area contributed by atoms with E-state index in [1.807, 2.05) is 18.2 Å². The van der Waals surface area contributed by atoms with Crippen LogP contribution in [0.25, 0.3) is 0 Å². The average molecular weight is 308 g/mol. The zero-order valence-corrected chi connectivity index (χ0v) is 13.4. The van der Waals surface area contributed by atoms with E-state index in [2.05, 4.69) is 12.2 Å². The van der Waals surface area contributed by atoms with Crippen molar-refractivity contribution in [1.82, 2.24) is 9.62 Å². The monoisotopic (exact) mass is 308 g/mol. The van der Waals surface area contributed by atoms with Crippen LogP contribution in [-0.4, -0.2) is 31.9 Å². The first-order valence-corrected chi connectivity index (χ1v) is 9.36. The molecule has 5 heteroatoms. The molecule has 1 N–H and O–H groups in total. The number of benzene rings is 1. The Morgan fingerprint density at radius 1 is 1.33 bits per heavy atom. The van der Waals surface area contributed by atoms with E-state index < -0.39 is 10.0 Å². The van der Waals surface area contributed by atoms with E-state index in [0.29, 0.717) is 17.4 Å². The standard InChI is InChI=1S/C16H24N2O2S/c1-2-8-17-11-13-4-3-5-16(10-13)21(19,20)18-12-14-6-7-15(18)9-14/h3-5,10,14-15,17H,2,6-9,11-12H2,1H3. The molecule has 3 rings (SSSR count). The minimum atomic E-state index is -3.32. The normalized spacial score (nSPS) is 25.6. The summed E-state index contributed by atoms with van der Waals surface area (Å²) < 4.78 is 27.4. The lowest BCUT2D eigenvalue weighted by atomic mass is 10.1. The molecule has 21 heavy (non-hydrogen) atoms.